The van der Waals surface area contributed by atoms with Crippen LogP contribution in [-0.2, 0) is 6.54 Å². The van der Waals surface area contributed by atoms with Crippen molar-refractivity contribution in [2.24, 2.45) is 0 Å². The molecule has 0 unspecified atom stereocenters. The summed E-state index contributed by atoms with van der Waals surface area (Å²) in [4.78, 5) is 2.47. The topological polar surface area (TPSA) is 39.1 Å². The maximum absolute atomic E-state index is 8.72. The van der Waals surface area contributed by atoms with Gasteiger partial charge < -0.3 is 5.32 Å². The molecule has 1 aromatic carbocycles. The highest BCUT2D eigenvalue weighted by atomic mass is 15.2. The zero-order chi connectivity index (χ0) is 11.4. The molecular weight excluding hydrogens is 198 g/mol. The molecule has 1 aliphatic heterocycles. The summed E-state index contributed by atoms with van der Waals surface area (Å²) >= 11 is 0. The van der Waals surface area contributed by atoms with E-state index in [0.717, 1.165) is 31.7 Å². The van der Waals surface area contributed by atoms with Gasteiger partial charge in [-0.1, -0.05) is 12.1 Å². The van der Waals surface area contributed by atoms with Crippen molar-refractivity contribution in [1.29, 1.82) is 5.26 Å². The second kappa shape index (κ2) is 5.11. The second-order valence-corrected chi connectivity index (χ2v) is 4.33. The lowest BCUT2D eigenvalue weighted by Gasteiger charge is -2.33. The van der Waals surface area contributed by atoms with E-state index in [9.17, 15) is 0 Å². The van der Waals surface area contributed by atoms with Crippen molar-refractivity contribution in [3.8, 4) is 6.07 Å². The summed E-state index contributed by atoms with van der Waals surface area (Å²) in [6.45, 7) is 6.46. The van der Waals surface area contributed by atoms with E-state index in [2.05, 4.69) is 23.2 Å². The van der Waals surface area contributed by atoms with Gasteiger partial charge in [-0.3, -0.25) is 4.90 Å². The van der Waals surface area contributed by atoms with E-state index < -0.39 is 0 Å². The molecule has 1 heterocycles. The Balaban J connectivity index is 2.00. The molecule has 0 amide bonds. The van der Waals surface area contributed by atoms with Crippen molar-refractivity contribution in [2.45, 2.75) is 19.5 Å². The standard InChI is InChI=1S/C13H17N3/c1-11-9-15-6-7-16(11)10-13-4-2-12(8-14)3-5-13/h2-5,11,15H,6-7,9-10H2,1H3/t11-/m0/s1. The van der Waals surface area contributed by atoms with Crippen LogP contribution in [0.4, 0.5) is 0 Å². The predicted octanol–water partition coefficient (Wildman–Crippen LogP) is 1.35. The zero-order valence-corrected chi connectivity index (χ0v) is 9.61. The van der Waals surface area contributed by atoms with Crippen LogP contribution in [-0.4, -0.2) is 30.6 Å². The summed E-state index contributed by atoms with van der Waals surface area (Å²) in [7, 11) is 0. The van der Waals surface area contributed by atoms with Crippen molar-refractivity contribution in [1.82, 2.24) is 10.2 Å². The van der Waals surface area contributed by atoms with E-state index in [1.165, 1.54) is 5.56 Å². The maximum Gasteiger partial charge on any atom is 0.0991 e. The van der Waals surface area contributed by atoms with E-state index in [-0.39, 0.29) is 0 Å². The van der Waals surface area contributed by atoms with Crippen LogP contribution < -0.4 is 5.32 Å². The lowest BCUT2D eigenvalue weighted by molar-refractivity contribution is 0.165. The van der Waals surface area contributed by atoms with Gasteiger partial charge in [0.05, 0.1) is 11.6 Å². The molecule has 0 spiro atoms. The van der Waals surface area contributed by atoms with Gasteiger partial charge >= 0.3 is 0 Å². The third-order valence-electron chi connectivity index (χ3n) is 3.11. The largest absolute Gasteiger partial charge is 0.314 e. The fraction of sp³-hybridized carbons (Fsp3) is 0.462. The van der Waals surface area contributed by atoms with Crippen LogP contribution in [0.1, 0.15) is 18.1 Å². The minimum atomic E-state index is 0.587. The number of piperazine rings is 1. The molecule has 2 rings (SSSR count). The minimum Gasteiger partial charge on any atom is -0.314 e. The quantitative estimate of drug-likeness (QED) is 0.809. The van der Waals surface area contributed by atoms with Gasteiger partial charge in [0.15, 0.2) is 0 Å². The number of hydrogen-bond donors (Lipinski definition) is 1. The van der Waals surface area contributed by atoms with E-state index in [1.807, 2.05) is 24.3 Å². The summed E-state index contributed by atoms with van der Waals surface area (Å²) in [6.07, 6.45) is 0. The van der Waals surface area contributed by atoms with Crippen LogP contribution in [0, 0.1) is 11.3 Å². The number of nitrogens with zero attached hydrogens (tertiary/aromatic N) is 2. The molecule has 0 radical (unpaired) electrons. The Kier molecular flexibility index (Phi) is 3.55. The molecule has 1 aliphatic rings. The van der Waals surface area contributed by atoms with E-state index in [0.29, 0.717) is 6.04 Å². The molecule has 0 bridgehead atoms. The van der Waals surface area contributed by atoms with Crippen LogP contribution in [0.25, 0.3) is 0 Å². The molecule has 3 heteroatoms. The Hall–Kier alpha value is -1.37. The fourth-order valence-corrected chi connectivity index (χ4v) is 2.04. The number of hydrogen-bond acceptors (Lipinski definition) is 3. The van der Waals surface area contributed by atoms with Crippen molar-refractivity contribution < 1.29 is 0 Å². The first-order valence-electron chi connectivity index (χ1n) is 5.73. The molecule has 1 atom stereocenters. The summed E-state index contributed by atoms with van der Waals surface area (Å²) in [5.41, 5.74) is 2.02. The molecule has 0 aliphatic carbocycles. The van der Waals surface area contributed by atoms with Crippen LogP contribution in [0.3, 0.4) is 0 Å². The molecule has 0 aromatic heterocycles. The van der Waals surface area contributed by atoms with Crippen molar-refractivity contribution in [3.63, 3.8) is 0 Å². The average molecular weight is 215 g/mol. The molecule has 1 fully saturated rings. The smallest absolute Gasteiger partial charge is 0.0991 e. The van der Waals surface area contributed by atoms with E-state index in [4.69, 9.17) is 5.26 Å². The Morgan fingerprint density at radius 3 is 2.81 bits per heavy atom. The fourth-order valence-electron chi connectivity index (χ4n) is 2.04. The highest BCUT2D eigenvalue weighted by Gasteiger charge is 2.17. The number of benzene rings is 1. The third-order valence-corrected chi connectivity index (χ3v) is 3.11. The Bertz CT molecular complexity index is 377. The van der Waals surface area contributed by atoms with Gasteiger partial charge in [0.2, 0.25) is 0 Å². The van der Waals surface area contributed by atoms with Gasteiger partial charge in [0.1, 0.15) is 0 Å². The van der Waals surface area contributed by atoms with Crippen molar-refractivity contribution >= 4 is 0 Å². The monoisotopic (exact) mass is 215 g/mol. The molecule has 84 valence electrons. The first kappa shape index (κ1) is 11.1. The number of rotatable bonds is 2. The zero-order valence-electron chi connectivity index (χ0n) is 9.61. The van der Waals surface area contributed by atoms with Gasteiger partial charge in [-0.05, 0) is 24.6 Å². The van der Waals surface area contributed by atoms with Crippen molar-refractivity contribution in [3.05, 3.63) is 35.4 Å². The highest BCUT2D eigenvalue weighted by Crippen LogP contribution is 2.10. The Labute approximate surface area is 96.7 Å². The van der Waals surface area contributed by atoms with Gasteiger partial charge in [-0.2, -0.15) is 5.26 Å². The Morgan fingerprint density at radius 1 is 1.44 bits per heavy atom. The number of nitrogens with one attached hydrogen (secondary N) is 1. The Morgan fingerprint density at radius 2 is 2.19 bits per heavy atom. The van der Waals surface area contributed by atoms with Crippen LogP contribution >= 0.6 is 0 Å². The second-order valence-electron chi connectivity index (χ2n) is 4.33. The van der Waals surface area contributed by atoms with E-state index in [1.54, 1.807) is 0 Å². The number of nitriles is 1. The summed E-state index contributed by atoms with van der Waals surface area (Å²) in [5, 5.41) is 12.1. The molecule has 1 aromatic rings. The van der Waals surface area contributed by atoms with Crippen molar-refractivity contribution in [2.75, 3.05) is 19.6 Å². The maximum atomic E-state index is 8.72. The molecule has 1 saturated heterocycles. The lowest BCUT2D eigenvalue weighted by Crippen LogP contribution is -2.49. The van der Waals surface area contributed by atoms with Gasteiger partial charge in [-0.15, -0.1) is 0 Å². The van der Waals surface area contributed by atoms with Crippen LogP contribution in [0.2, 0.25) is 0 Å². The minimum absolute atomic E-state index is 0.587. The summed E-state index contributed by atoms with van der Waals surface area (Å²) in [5.74, 6) is 0. The van der Waals surface area contributed by atoms with Gasteiger partial charge in [0, 0.05) is 32.2 Å². The molecule has 16 heavy (non-hydrogen) atoms. The van der Waals surface area contributed by atoms with Crippen LogP contribution in [0.15, 0.2) is 24.3 Å². The SMILES string of the molecule is C[C@H]1CNCCN1Cc1ccc(C#N)cc1. The first-order chi connectivity index (χ1) is 7.79. The summed E-state index contributed by atoms with van der Waals surface area (Å²) in [6, 6.07) is 10.6. The van der Waals surface area contributed by atoms with Crippen LogP contribution in [0.5, 0.6) is 0 Å². The first-order valence-corrected chi connectivity index (χ1v) is 5.73. The van der Waals surface area contributed by atoms with Gasteiger partial charge in [0.25, 0.3) is 0 Å². The normalized spacial score (nSPS) is 21.6. The average Bonchev–Trinajstić information content (AvgIpc) is 2.33. The third kappa shape index (κ3) is 2.60. The molecular formula is C13H17N3. The van der Waals surface area contributed by atoms with Gasteiger partial charge in [-0.25, -0.2) is 0 Å². The van der Waals surface area contributed by atoms with E-state index >= 15 is 0 Å². The molecule has 1 N–H and O–H groups in total. The predicted molar refractivity (Wildman–Crippen MR) is 63.9 cm³/mol. The lowest BCUT2D eigenvalue weighted by atomic mass is 10.1. The summed E-state index contributed by atoms with van der Waals surface area (Å²) < 4.78 is 0. The molecule has 0 saturated carbocycles. The highest BCUT2D eigenvalue weighted by molar-refractivity contribution is 5.31. The molecule has 3 nitrogen and oxygen atoms in total.